The first-order chi connectivity index (χ1) is 9.97. The Hall–Kier alpha value is -1.67. The predicted molar refractivity (Wildman–Crippen MR) is 87.2 cm³/mol. The average molecular weight is 399 g/mol. The lowest BCUT2D eigenvalue weighted by molar-refractivity contribution is -0.385. The molecule has 0 aliphatic rings. The van der Waals surface area contributed by atoms with Crippen molar-refractivity contribution in [2.75, 3.05) is 0 Å². The third-order valence-corrected chi connectivity index (χ3v) is 3.68. The molecule has 0 amide bonds. The number of rotatable bonds is 5. The SMILES string of the molecule is C[C@H](O)c1cc([N+](=O)[O-])ccc1OCc1ccc(I)cc1. The number of halogens is 1. The molecular formula is C15H14INO4. The van der Waals surface area contributed by atoms with Gasteiger partial charge in [-0.2, -0.15) is 0 Å². The number of benzene rings is 2. The largest absolute Gasteiger partial charge is 0.489 e. The Labute approximate surface area is 135 Å². The van der Waals surface area contributed by atoms with Gasteiger partial charge >= 0.3 is 0 Å². The fourth-order valence-electron chi connectivity index (χ4n) is 1.85. The summed E-state index contributed by atoms with van der Waals surface area (Å²) in [5.74, 6) is 0.453. The first-order valence-electron chi connectivity index (χ1n) is 6.31. The van der Waals surface area contributed by atoms with Crippen molar-refractivity contribution in [3.05, 3.63) is 67.3 Å². The van der Waals surface area contributed by atoms with Gasteiger partial charge in [-0.25, -0.2) is 0 Å². The van der Waals surface area contributed by atoms with Crippen LogP contribution in [0.4, 0.5) is 5.69 Å². The molecule has 0 aromatic heterocycles. The molecule has 0 saturated carbocycles. The number of hydrogen-bond acceptors (Lipinski definition) is 4. The van der Waals surface area contributed by atoms with Crippen molar-refractivity contribution in [1.29, 1.82) is 0 Å². The third-order valence-electron chi connectivity index (χ3n) is 2.96. The van der Waals surface area contributed by atoms with Crippen LogP contribution in [-0.4, -0.2) is 10.0 Å². The Morgan fingerprint density at radius 2 is 1.95 bits per heavy atom. The van der Waals surface area contributed by atoms with Gasteiger partial charge in [0.2, 0.25) is 0 Å². The summed E-state index contributed by atoms with van der Waals surface area (Å²) in [6, 6.07) is 12.1. The maximum absolute atomic E-state index is 10.8. The minimum atomic E-state index is -0.836. The van der Waals surface area contributed by atoms with E-state index in [-0.39, 0.29) is 5.69 Å². The van der Waals surface area contributed by atoms with Crippen molar-refractivity contribution in [2.24, 2.45) is 0 Å². The highest BCUT2D eigenvalue weighted by atomic mass is 127. The van der Waals surface area contributed by atoms with E-state index >= 15 is 0 Å². The van der Waals surface area contributed by atoms with Gasteiger partial charge in [-0.1, -0.05) is 12.1 Å². The van der Waals surface area contributed by atoms with Gasteiger partial charge in [0.25, 0.3) is 5.69 Å². The lowest BCUT2D eigenvalue weighted by atomic mass is 10.1. The zero-order chi connectivity index (χ0) is 15.4. The smallest absolute Gasteiger partial charge is 0.270 e. The van der Waals surface area contributed by atoms with Crippen LogP contribution in [0.5, 0.6) is 5.75 Å². The van der Waals surface area contributed by atoms with E-state index in [9.17, 15) is 15.2 Å². The number of nitrogens with zero attached hydrogens (tertiary/aromatic N) is 1. The highest BCUT2D eigenvalue weighted by Crippen LogP contribution is 2.29. The Balaban J connectivity index is 2.19. The molecular weight excluding hydrogens is 385 g/mol. The molecule has 2 aromatic carbocycles. The molecule has 21 heavy (non-hydrogen) atoms. The standard InChI is InChI=1S/C15H14INO4/c1-10(18)14-8-13(17(19)20)6-7-15(14)21-9-11-2-4-12(16)5-3-11/h2-8,10,18H,9H2,1H3/t10-/m0/s1. The maximum atomic E-state index is 10.8. The summed E-state index contributed by atoms with van der Waals surface area (Å²) >= 11 is 2.22. The molecule has 0 aliphatic carbocycles. The highest BCUT2D eigenvalue weighted by Gasteiger charge is 2.15. The van der Waals surface area contributed by atoms with Gasteiger partial charge in [-0.3, -0.25) is 10.1 Å². The molecule has 0 saturated heterocycles. The summed E-state index contributed by atoms with van der Waals surface area (Å²) in [5, 5.41) is 20.5. The fourth-order valence-corrected chi connectivity index (χ4v) is 2.21. The minimum Gasteiger partial charge on any atom is -0.489 e. The summed E-state index contributed by atoms with van der Waals surface area (Å²) in [4.78, 5) is 10.3. The maximum Gasteiger partial charge on any atom is 0.270 e. The van der Waals surface area contributed by atoms with E-state index in [2.05, 4.69) is 22.6 Å². The number of nitro benzene ring substituents is 1. The zero-order valence-corrected chi connectivity index (χ0v) is 13.5. The van der Waals surface area contributed by atoms with Crippen LogP contribution >= 0.6 is 22.6 Å². The van der Waals surface area contributed by atoms with Crippen LogP contribution in [0.1, 0.15) is 24.2 Å². The van der Waals surface area contributed by atoms with E-state index in [4.69, 9.17) is 4.74 Å². The molecule has 0 radical (unpaired) electrons. The van der Waals surface area contributed by atoms with Gasteiger partial charge in [0.1, 0.15) is 12.4 Å². The normalized spacial score (nSPS) is 12.0. The van der Waals surface area contributed by atoms with Crippen LogP contribution in [0.25, 0.3) is 0 Å². The monoisotopic (exact) mass is 399 g/mol. The third kappa shape index (κ3) is 4.15. The Kier molecular flexibility index (Phi) is 5.13. The average Bonchev–Trinajstić information content (AvgIpc) is 2.46. The first kappa shape index (κ1) is 15.7. The topological polar surface area (TPSA) is 72.6 Å². The van der Waals surface area contributed by atoms with Crippen LogP contribution in [0.2, 0.25) is 0 Å². The molecule has 0 unspecified atom stereocenters. The number of ether oxygens (including phenoxy) is 1. The van der Waals surface area contributed by atoms with E-state index < -0.39 is 11.0 Å². The van der Waals surface area contributed by atoms with Crippen LogP contribution in [-0.2, 0) is 6.61 Å². The zero-order valence-electron chi connectivity index (χ0n) is 11.3. The number of nitro groups is 1. The summed E-state index contributed by atoms with van der Waals surface area (Å²) in [5.41, 5.74) is 1.34. The minimum absolute atomic E-state index is 0.0625. The van der Waals surface area contributed by atoms with E-state index in [0.717, 1.165) is 9.13 Å². The molecule has 0 aliphatic heterocycles. The van der Waals surface area contributed by atoms with Gasteiger partial charge in [0, 0.05) is 21.3 Å². The summed E-state index contributed by atoms with van der Waals surface area (Å²) in [6.45, 7) is 1.89. The van der Waals surface area contributed by atoms with Gasteiger partial charge in [-0.15, -0.1) is 0 Å². The van der Waals surface area contributed by atoms with Crippen LogP contribution in [0.3, 0.4) is 0 Å². The molecule has 0 bridgehead atoms. The van der Waals surface area contributed by atoms with Crippen LogP contribution < -0.4 is 4.74 Å². The lowest BCUT2D eigenvalue weighted by Crippen LogP contribution is -2.02. The highest BCUT2D eigenvalue weighted by molar-refractivity contribution is 14.1. The number of aliphatic hydroxyl groups excluding tert-OH is 1. The number of aliphatic hydroxyl groups is 1. The van der Waals surface area contributed by atoms with Crippen LogP contribution in [0, 0.1) is 13.7 Å². The molecule has 1 N–H and O–H groups in total. The van der Waals surface area contributed by atoms with Crippen molar-refractivity contribution < 1.29 is 14.8 Å². The Morgan fingerprint density at radius 3 is 2.52 bits per heavy atom. The van der Waals surface area contributed by atoms with Crippen molar-refractivity contribution in [3.8, 4) is 5.75 Å². The van der Waals surface area contributed by atoms with E-state index in [0.29, 0.717) is 17.9 Å². The molecule has 6 heteroatoms. The van der Waals surface area contributed by atoms with Gasteiger partial charge < -0.3 is 9.84 Å². The summed E-state index contributed by atoms with van der Waals surface area (Å²) in [7, 11) is 0. The number of non-ortho nitro benzene ring substituents is 1. The van der Waals surface area contributed by atoms with Crippen molar-refractivity contribution in [3.63, 3.8) is 0 Å². The summed E-state index contributed by atoms with van der Waals surface area (Å²) < 4.78 is 6.81. The van der Waals surface area contributed by atoms with Crippen molar-refractivity contribution in [1.82, 2.24) is 0 Å². The molecule has 2 aromatic rings. The molecule has 110 valence electrons. The fraction of sp³-hybridized carbons (Fsp3) is 0.200. The van der Waals surface area contributed by atoms with Gasteiger partial charge in [0.05, 0.1) is 11.0 Å². The molecule has 0 heterocycles. The van der Waals surface area contributed by atoms with E-state index in [1.54, 1.807) is 6.92 Å². The summed E-state index contributed by atoms with van der Waals surface area (Å²) in [6.07, 6.45) is -0.836. The first-order valence-corrected chi connectivity index (χ1v) is 7.39. The lowest BCUT2D eigenvalue weighted by Gasteiger charge is -2.13. The molecule has 5 nitrogen and oxygen atoms in total. The van der Waals surface area contributed by atoms with Gasteiger partial charge in [-0.05, 0) is 53.3 Å². The van der Waals surface area contributed by atoms with E-state index in [1.165, 1.54) is 18.2 Å². The van der Waals surface area contributed by atoms with Crippen molar-refractivity contribution >= 4 is 28.3 Å². The Morgan fingerprint density at radius 1 is 1.29 bits per heavy atom. The molecule has 1 atom stereocenters. The molecule has 2 rings (SSSR count). The second-order valence-electron chi connectivity index (χ2n) is 4.57. The second kappa shape index (κ2) is 6.86. The second-order valence-corrected chi connectivity index (χ2v) is 5.82. The molecule has 0 spiro atoms. The number of hydrogen-bond donors (Lipinski definition) is 1. The van der Waals surface area contributed by atoms with E-state index in [1.807, 2.05) is 24.3 Å². The van der Waals surface area contributed by atoms with Gasteiger partial charge in [0.15, 0.2) is 0 Å². The molecule has 0 fully saturated rings. The Bertz CT molecular complexity index is 641. The quantitative estimate of drug-likeness (QED) is 0.471. The van der Waals surface area contributed by atoms with Crippen molar-refractivity contribution in [2.45, 2.75) is 19.6 Å². The predicted octanol–water partition coefficient (Wildman–Crippen LogP) is 3.83. The van der Waals surface area contributed by atoms with Crippen LogP contribution in [0.15, 0.2) is 42.5 Å².